The summed E-state index contributed by atoms with van der Waals surface area (Å²) in [5.41, 5.74) is 0.959. The standard InChI is InChI=1S/C17H21NO6S/c1-13(17(21)18-8-10-24-11-9-18)25(22,23)12-15-5-3-2-4-14(15)6-7-16(19)20/h2-7,13H,8-12H2,1H3,(H,19,20)/b7-6+/t13-/m0/s1. The van der Waals surface area contributed by atoms with E-state index < -0.39 is 27.0 Å². The van der Waals surface area contributed by atoms with Crippen LogP contribution in [0, 0.1) is 0 Å². The lowest BCUT2D eigenvalue weighted by molar-refractivity contribution is -0.134. The molecule has 1 amide bonds. The third-order valence-electron chi connectivity index (χ3n) is 4.03. The molecule has 1 N–H and O–H groups in total. The van der Waals surface area contributed by atoms with Crippen LogP contribution in [0.4, 0.5) is 0 Å². The van der Waals surface area contributed by atoms with E-state index in [-0.39, 0.29) is 5.75 Å². The van der Waals surface area contributed by atoms with Crippen LogP contribution in [0.3, 0.4) is 0 Å². The minimum Gasteiger partial charge on any atom is -0.478 e. The zero-order valence-corrected chi connectivity index (χ0v) is 14.7. The first-order valence-electron chi connectivity index (χ1n) is 7.88. The van der Waals surface area contributed by atoms with E-state index in [9.17, 15) is 18.0 Å². The van der Waals surface area contributed by atoms with Crippen LogP contribution in [0.2, 0.25) is 0 Å². The second-order valence-electron chi connectivity index (χ2n) is 5.76. The molecule has 1 aliphatic rings. The van der Waals surface area contributed by atoms with Crippen LogP contribution in [0.1, 0.15) is 18.1 Å². The van der Waals surface area contributed by atoms with Crippen LogP contribution in [-0.2, 0) is 29.9 Å². The Labute approximate surface area is 146 Å². The zero-order valence-electron chi connectivity index (χ0n) is 13.9. The van der Waals surface area contributed by atoms with E-state index >= 15 is 0 Å². The van der Waals surface area contributed by atoms with Gasteiger partial charge in [-0.1, -0.05) is 24.3 Å². The zero-order chi connectivity index (χ0) is 18.4. The van der Waals surface area contributed by atoms with Gasteiger partial charge in [0.25, 0.3) is 0 Å². The fourth-order valence-electron chi connectivity index (χ4n) is 2.53. The highest BCUT2D eigenvalue weighted by molar-refractivity contribution is 7.92. The van der Waals surface area contributed by atoms with Crippen molar-refractivity contribution in [3.05, 3.63) is 41.5 Å². The molecule has 1 heterocycles. The van der Waals surface area contributed by atoms with Gasteiger partial charge in [-0.2, -0.15) is 0 Å². The minimum atomic E-state index is -3.74. The van der Waals surface area contributed by atoms with E-state index in [1.165, 1.54) is 17.9 Å². The molecule has 1 aromatic carbocycles. The molecule has 1 fully saturated rings. The average Bonchev–Trinajstić information content (AvgIpc) is 2.60. The summed E-state index contributed by atoms with van der Waals surface area (Å²) in [6, 6.07) is 6.63. The van der Waals surface area contributed by atoms with E-state index in [1.807, 2.05) is 0 Å². The lowest BCUT2D eigenvalue weighted by Crippen LogP contribution is -2.47. The molecule has 8 heteroatoms. The van der Waals surface area contributed by atoms with Gasteiger partial charge in [0.2, 0.25) is 5.91 Å². The molecule has 0 saturated carbocycles. The number of carbonyl (C=O) groups excluding carboxylic acids is 1. The first kappa shape index (κ1) is 19.1. The van der Waals surface area contributed by atoms with Gasteiger partial charge in [-0.15, -0.1) is 0 Å². The van der Waals surface area contributed by atoms with E-state index in [1.54, 1.807) is 24.3 Å². The Hall–Kier alpha value is -2.19. The Morgan fingerprint density at radius 3 is 2.56 bits per heavy atom. The molecule has 0 bridgehead atoms. The summed E-state index contributed by atoms with van der Waals surface area (Å²) >= 11 is 0. The third kappa shape index (κ3) is 5.14. The lowest BCUT2D eigenvalue weighted by atomic mass is 10.1. The second kappa shape index (κ2) is 8.26. The summed E-state index contributed by atoms with van der Waals surface area (Å²) in [5.74, 6) is -1.87. The molecule has 0 radical (unpaired) electrons. The number of hydrogen-bond acceptors (Lipinski definition) is 5. The Morgan fingerprint density at radius 2 is 1.92 bits per heavy atom. The van der Waals surface area contributed by atoms with E-state index in [0.29, 0.717) is 37.4 Å². The van der Waals surface area contributed by atoms with Crippen molar-refractivity contribution in [2.45, 2.75) is 17.9 Å². The minimum absolute atomic E-state index is 0.329. The number of carbonyl (C=O) groups is 2. The van der Waals surface area contributed by atoms with Crippen LogP contribution in [0.5, 0.6) is 0 Å². The van der Waals surface area contributed by atoms with Gasteiger partial charge in [-0.25, -0.2) is 13.2 Å². The summed E-state index contributed by atoms with van der Waals surface area (Å²) < 4.78 is 30.5. The number of rotatable bonds is 6. The first-order chi connectivity index (χ1) is 11.8. The van der Waals surface area contributed by atoms with E-state index in [2.05, 4.69) is 0 Å². The number of morpholine rings is 1. The van der Waals surface area contributed by atoms with Gasteiger partial charge in [0.05, 0.1) is 19.0 Å². The molecule has 0 aromatic heterocycles. The summed E-state index contributed by atoms with van der Waals surface area (Å²) in [4.78, 5) is 24.6. The molecule has 1 aliphatic heterocycles. The lowest BCUT2D eigenvalue weighted by Gasteiger charge is -2.29. The van der Waals surface area contributed by atoms with Gasteiger partial charge >= 0.3 is 5.97 Å². The summed E-state index contributed by atoms with van der Waals surface area (Å²) in [5, 5.41) is 7.57. The topological polar surface area (TPSA) is 101 Å². The van der Waals surface area contributed by atoms with Gasteiger partial charge in [-0.3, -0.25) is 4.79 Å². The SMILES string of the molecule is C[C@@H](C(=O)N1CCOCC1)S(=O)(=O)Cc1ccccc1/C=C/C(=O)O. The highest BCUT2D eigenvalue weighted by atomic mass is 32.2. The predicted octanol–water partition coefficient (Wildman–Crippen LogP) is 0.946. The number of nitrogens with zero attached hydrogens (tertiary/aromatic N) is 1. The maximum atomic E-state index is 12.7. The van der Waals surface area contributed by atoms with Crippen LogP contribution < -0.4 is 0 Å². The molecular formula is C17H21NO6S. The van der Waals surface area contributed by atoms with Crippen molar-refractivity contribution >= 4 is 27.8 Å². The fourth-order valence-corrected chi connectivity index (χ4v) is 3.93. The van der Waals surface area contributed by atoms with E-state index in [0.717, 1.165) is 6.08 Å². The Kier molecular flexibility index (Phi) is 6.33. The number of benzene rings is 1. The first-order valence-corrected chi connectivity index (χ1v) is 9.60. The van der Waals surface area contributed by atoms with Crippen molar-refractivity contribution in [1.82, 2.24) is 4.90 Å². The number of sulfone groups is 1. The molecule has 1 aromatic rings. The molecule has 0 aliphatic carbocycles. The van der Waals surface area contributed by atoms with Crippen molar-refractivity contribution in [2.75, 3.05) is 26.3 Å². The normalized spacial score (nSPS) is 16.8. The van der Waals surface area contributed by atoms with Crippen LogP contribution >= 0.6 is 0 Å². The van der Waals surface area contributed by atoms with Crippen LogP contribution in [-0.4, -0.2) is 61.9 Å². The Bertz CT molecular complexity index is 765. The van der Waals surface area contributed by atoms with Gasteiger partial charge in [-0.05, 0) is 24.1 Å². The predicted molar refractivity (Wildman–Crippen MR) is 92.6 cm³/mol. The maximum Gasteiger partial charge on any atom is 0.328 e. The molecule has 2 rings (SSSR count). The van der Waals surface area contributed by atoms with Crippen molar-refractivity contribution < 1.29 is 27.9 Å². The monoisotopic (exact) mass is 367 g/mol. The van der Waals surface area contributed by atoms with Gasteiger partial charge in [0, 0.05) is 19.2 Å². The highest BCUT2D eigenvalue weighted by Crippen LogP contribution is 2.18. The molecule has 0 spiro atoms. The molecule has 0 unspecified atom stereocenters. The third-order valence-corrected chi connectivity index (χ3v) is 6.02. The number of carboxylic acids is 1. The van der Waals surface area contributed by atoms with Gasteiger partial charge < -0.3 is 14.7 Å². The van der Waals surface area contributed by atoms with Crippen molar-refractivity contribution in [1.29, 1.82) is 0 Å². The maximum absolute atomic E-state index is 12.7. The molecule has 1 saturated heterocycles. The smallest absolute Gasteiger partial charge is 0.328 e. The van der Waals surface area contributed by atoms with Crippen molar-refractivity contribution in [2.24, 2.45) is 0 Å². The van der Waals surface area contributed by atoms with Gasteiger partial charge in [0.1, 0.15) is 5.25 Å². The summed E-state index contributed by atoms with van der Waals surface area (Å²) in [6.45, 7) is 2.97. The molecule has 25 heavy (non-hydrogen) atoms. The van der Waals surface area contributed by atoms with Crippen LogP contribution in [0.25, 0.3) is 6.08 Å². The van der Waals surface area contributed by atoms with Crippen LogP contribution in [0.15, 0.2) is 30.3 Å². The summed E-state index contributed by atoms with van der Waals surface area (Å²) in [7, 11) is -3.74. The Balaban J connectivity index is 2.18. The molecule has 136 valence electrons. The largest absolute Gasteiger partial charge is 0.478 e. The molecule has 7 nitrogen and oxygen atoms in total. The van der Waals surface area contributed by atoms with E-state index in [4.69, 9.17) is 9.84 Å². The number of aliphatic carboxylic acids is 1. The highest BCUT2D eigenvalue weighted by Gasteiger charge is 2.32. The number of amides is 1. The van der Waals surface area contributed by atoms with Crippen molar-refractivity contribution in [3.8, 4) is 0 Å². The second-order valence-corrected chi connectivity index (χ2v) is 8.08. The summed E-state index contributed by atoms with van der Waals surface area (Å²) in [6.07, 6.45) is 2.30. The number of hydrogen-bond donors (Lipinski definition) is 1. The van der Waals surface area contributed by atoms with Gasteiger partial charge in [0.15, 0.2) is 9.84 Å². The number of ether oxygens (including phenoxy) is 1. The number of carboxylic acid groups (broad SMARTS) is 1. The molecule has 1 atom stereocenters. The fraction of sp³-hybridized carbons (Fsp3) is 0.412. The Morgan fingerprint density at radius 1 is 1.28 bits per heavy atom. The van der Waals surface area contributed by atoms with Crippen molar-refractivity contribution in [3.63, 3.8) is 0 Å². The average molecular weight is 367 g/mol. The quantitative estimate of drug-likeness (QED) is 0.751. The molecular weight excluding hydrogens is 346 g/mol.